The van der Waals surface area contributed by atoms with Gasteiger partial charge in [0.15, 0.2) is 0 Å². The van der Waals surface area contributed by atoms with E-state index in [2.05, 4.69) is 20.3 Å². The molecule has 0 spiro atoms. The van der Waals surface area contributed by atoms with E-state index in [4.69, 9.17) is 11.6 Å². The summed E-state index contributed by atoms with van der Waals surface area (Å²) in [7, 11) is 0. The van der Waals surface area contributed by atoms with Gasteiger partial charge in [-0.2, -0.15) is 0 Å². The van der Waals surface area contributed by atoms with Gasteiger partial charge in [-0.15, -0.1) is 0 Å². The summed E-state index contributed by atoms with van der Waals surface area (Å²) in [4.78, 5) is 47.9. The van der Waals surface area contributed by atoms with Crippen molar-refractivity contribution in [3.05, 3.63) is 110 Å². The molecule has 1 aliphatic carbocycles. The Hall–Kier alpha value is -4.17. The van der Waals surface area contributed by atoms with E-state index >= 15 is 0 Å². The van der Waals surface area contributed by atoms with E-state index < -0.39 is 11.2 Å². The number of benzene rings is 2. The maximum absolute atomic E-state index is 13.2. The third-order valence-electron chi connectivity index (χ3n) is 6.70. The monoisotopic (exact) mass is 499 g/mol. The maximum Gasteiger partial charge on any atom is 0.330 e. The van der Waals surface area contributed by atoms with Gasteiger partial charge in [0.05, 0.1) is 10.9 Å². The number of amides is 1. The number of halogens is 1. The number of pyridine rings is 1. The van der Waals surface area contributed by atoms with Crippen molar-refractivity contribution in [1.82, 2.24) is 24.8 Å². The predicted molar refractivity (Wildman–Crippen MR) is 139 cm³/mol. The molecule has 9 heteroatoms. The Kier molecular flexibility index (Phi) is 5.45. The lowest BCUT2D eigenvalue weighted by atomic mass is 9.90. The van der Waals surface area contributed by atoms with Crippen LogP contribution in [0.4, 0.5) is 0 Å². The van der Waals surface area contributed by atoms with Crippen molar-refractivity contribution in [3.8, 4) is 0 Å². The molecule has 36 heavy (non-hydrogen) atoms. The number of H-pyrrole nitrogens is 2. The molecule has 0 bridgehead atoms. The van der Waals surface area contributed by atoms with Crippen molar-refractivity contribution in [2.75, 3.05) is 6.54 Å². The Labute approximate surface area is 210 Å². The molecular formula is C27H22ClN5O3. The van der Waals surface area contributed by atoms with Crippen LogP contribution in [0.3, 0.4) is 0 Å². The van der Waals surface area contributed by atoms with Crippen molar-refractivity contribution >= 4 is 39.4 Å². The quantitative estimate of drug-likeness (QED) is 0.326. The van der Waals surface area contributed by atoms with Crippen LogP contribution in [-0.2, 0) is 0 Å². The molecule has 0 saturated heterocycles. The SMILES string of the molecule is O=C(NCC(c1ccccc1Cl)c1c[nH]c2ccccc12)c1cnc2c(c1)c(=O)[nH]c(=O)n2C1CC1. The summed E-state index contributed by atoms with van der Waals surface area (Å²) in [5.74, 6) is -0.583. The molecule has 1 saturated carbocycles. The fraction of sp³-hybridized carbons (Fsp3) is 0.185. The first-order chi connectivity index (χ1) is 17.5. The molecule has 3 aromatic heterocycles. The minimum Gasteiger partial charge on any atom is -0.361 e. The first-order valence-electron chi connectivity index (χ1n) is 11.7. The fourth-order valence-electron chi connectivity index (χ4n) is 4.76. The summed E-state index contributed by atoms with van der Waals surface area (Å²) in [6.07, 6.45) is 5.08. The summed E-state index contributed by atoms with van der Waals surface area (Å²) in [6.45, 7) is 0.278. The molecule has 0 radical (unpaired) electrons. The number of hydrogen-bond donors (Lipinski definition) is 3. The van der Waals surface area contributed by atoms with Gasteiger partial charge in [0.25, 0.3) is 11.5 Å². The van der Waals surface area contributed by atoms with E-state index in [1.54, 1.807) is 0 Å². The average Bonchev–Trinajstić information content (AvgIpc) is 3.63. The maximum atomic E-state index is 13.2. The highest BCUT2D eigenvalue weighted by Crippen LogP contribution is 2.35. The van der Waals surface area contributed by atoms with Crippen molar-refractivity contribution in [2.45, 2.75) is 24.8 Å². The minimum absolute atomic E-state index is 0.0385. The molecular weight excluding hydrogens is 478 g/mol. The van der Waals surface area contributed by atoms with Crippen LogP contribution in [-0.4, -0.2) is 32.0 Å². The van der Waals surface area contributed by atoms with Gasteiger partial charge in [0.1, 0.15) is 5.65 Å². The standard InChI is InChI=1S/C27H22ClN5O3/c28-22-7-3-1-5-17(22)20(21-13-29-23-8-4-2-6-18(21)23)14-31-25(34)15-11-19-24(30-12-15)33(16-9-10-16)27(36)32-26(19)35/h1-8,11-13,16,20,29H,9-10,14H2,(H,31,34)(H,32,35,36). The first kappa shape index (κ1) is 22.3. The third kappa shape index (κ3) is 3.89. The molecule has 1 atom stereocenters. The Bertz CT molecular complexity index is 1750. The number of rotatable bonds is 6. The topological polar surface area (TPSA) is 113 Å². The number of fused-ring (bicyclic) bond motifs is 2. The smallest absolute Gasteiger partial charge is 0.330 e. The Morgan fingerprint density at radius 1 is 1.08 bits per heavy atom. The number of nitrogens with one attached hydrogen (secondary N) is 3. The van der Waals surface area contributed by atoms with Crippen molar-refractivity contribution in [2.24, 2.45) is 0 Å². The van der Waals surface area contributed by atoms with Gasteiger partial charge < -0.3 is 10.3 Å². The summed E-state index contributed by atoms with van der Waals surface area (Å²) >= 11 is 6.56. The largest absolute Gasteiger partial charge is 0.361 e. The van der Waals surface area contributed by atoms with Crippen LogP contribution in [0.15, 0.2) is 76.6 Å². The van der Waals surface area contributed by atoms with Crippen molar-refractivity contribution in [1.29, 1.82) is 0 Å². The van der Waals surface area contributed by atoms with Crippen LogP contribution in [0.25, 0.3) is 21.9 Å². The lowest BCUT2D eigenvalue weighted by Crippen LogP contribution is -2.32. The summed E-state index contributed by atoms with van der Waals surface area (Å²) in [5, 5.41) is 4.87. The van der Waals surface area contributed by atoms with E-state index in [-0.39, 0.29) is 35.4 Å². The fourth-order valence-corrected chi connectivity index (χ4v) is 5.02. The van der Waals surface area contributed by atoms with E-state index in [9.17, 15) is 14.4 Å². The van der Waals surface area contributed by atoms with Gasteiger partial charge >= 0.3 is 5.69 Å². The lowest BCUT2D eigenvalue weighted by Gasteiger charge is -2.19. The van der Waals surface area contributed by atoms with E-state index in [0.29, 0.717) is 10.7 Å². The zero-order valence-electron chi connectivity index (χ0n) is 19.1. The molecule has 2 aromatic carbocycles. The Morgan fingerprint density at radius 2 is 1.86 bits per heavy atom. The number of aromatic amines is 2. The van der Waals surface area contributed by atoms with Crippen molar-refractivity contribution in [3.63, 3.8) is 0 Å². The highest BCUT2D eigenvalue weighted by molar-refractivity contribution is 6.31. The van der Waals surface area contributed by atoms with Gasteiger partial charge in [0, 0.05) is 46.8 Å². The molecule has 1 aliphatic rings. The van der Waals surface area contributed by atoms with Crippen molar-refractivity contribution < 1.29 is 4.79 Å². The number of nitrogens with zero attached hydrogens (tertiary/aromatic N) is 2. The van der Waals surface area contributed by atoms with Crippen LogP contribution < -0.4 is 16.6 Å². The first-order valence-corrected chi connectivity index (χ1v) is 12.1. The third-order valence-corrected chi connectivity index (χ3v) is 7.04. The zero-order chi connectivity index (χ0) is 24.8. The molecule has 1 unspecified atom stereocenters. The molecule has 180 valence electrons. The molecule has 5 aromatic rings. The molecule has 8 nitrogen and oxygen atoms in total. The van der Waals surface area contributed by atoms with Crippen LogP contribution in [0, 0.1) is 0 Å². The number of carbonyl (C=O) groups is 1. The van der Waals surface area contributed by atoms with E-state index in [0.717, 1.165) is 34.9 Å². The number of hydrogen-bond acceptors (Lipinski definition) is 4. The van der Waals surface area contributed by atoms with Gasteiger partial charge in [-0.3, -0.25) is 19.1 Å². The second kappa shape index (κ2) is 8.80. The Balaban J connectivity index is 1.34. The highest BCUT2D eigenvalue weighted by Gasteiger charge is 2.28. The second-order valence-electron chi connectivity index (χ2n) is 9.03. The summed E-state index contributed by atoms with van der Waals surface area (Å²) < 4.78 is 1.50. The summed E-state index contributed by atoms with van der Waals surface area (Å²) in [5.41, 5.74) is 2.42. The van der Waals surface area contributed by atoms with Crippen LogP contribution in [0.5, 0.6) is 0 Å². The van der Waals surface area contributed by atoms with E-state index in [1.165, 1.54) is 16.8 Å². The van der Waals surface area contributed by atoms with Gasteiger partial charge in [-0.1, -0.05) is 48.0 Å². The molecule has 6 rings (SSSR count). The molecule has 0 aliphatic heterocycles. The molecule has 3 N–H and O–H groups in total. The second-order valence-corrected chi connectivity index (χ2v) is 9.44. The van der Waals surface area contributed by atoms with Crippen LogP contribution in [0.1, 0.15) is 46.3 Å². The van der Waals surface area contributed by atoms with E-state index in [1.807, 2.05) is 54.7 Å². The molecule has 1 fully saturated rings. The van der Waals surface area contributed by atoms with Gasteiger partial charge in [0.2, 0.25) is 0 Å². The Morgan fingerprint density at radius 3 is 2.67 bits per heavy atom. The van der Waals surface area contributed by atoms with Crippen LogP contribution >= 0.6 is 11.6 Å². The zero-order valence-corrected chi connectivity index (χ0v) is 19.9. The van der Waals surface area contributed by atoms with Gasteiger partial charge in [-0.05, 0) is 42.2 Å². The lowest BCUT2D eigenvalue weighted by molar-refractivity contribution is 0.0952. The highest BCUT2D eigenvalue weighted by atomic mass is 35.5. The minimum atomic E-state index is -0.554. The summed E-state index contributed by atoms with van der Waals surface area (Å²) in [6, 6.07) is 17.1. The molecule has 1 amide bonds. The number of aromatic nitrogens is 4. The number of carbonyl (C=O) groups excluding carboxylic acids is 1. The predicted octanol–water partition coefficient (Wildman–Crippen LogP) is 4.12. The normalized spacial score (nSPS) is 14.2. The van der Waals surface area contributed by atoms with Gasteiger partial charge in [-0.25, -0.2) is 9.78 Å². The molecule has 3 heterocycles. The average molecular weight is 500 g/mol. The number of para-hydroxylation sites is 1. The van der Waals surface area contributed by atoms with Crippen LogP contribution in [0.2, 0.25) is 5.02 Å².